The van der Waals surface area contributed by atoms with Gasteiger partial charge in [0.25, 0.3) is 0 Å². The van der Waals surface area contributed by atoms with E-state index in [2.05, 4.69) is 5.32 Å². The van der Waals surface area contributed by atoms with Crippen LogP contribution in [-0.4, -0.2) is 34.7 Å². The average molecular weight is 490 g/mol. The lowest BCUT2D eigenvalue weighted by Gasteiger charge is -2.15. The number of aliphatic carboxylic acids is 1. The molecule has 1 aromatic rings. The van der Waals surface area contributed by atoms with Gasteiger partial charge in [0.2, 0.25) is 5.91 Å². The molecule has 1 aromatic carbocycles. The molecule has 0 aliphatic carbocycles. The first-order valence-corrected chi connectivity index (χ1v) is 7.40. The number of aromatic hydroxyl groups is 1. The Kier molecular flexibility index (Phi) is 6.26. The van der Waals surface area contributed by atoms with Crippen LogP contribution >= 0.6 is 45.2 Å². The molecule has 0 spiro atoms. The summed E-state index contributed by atoms with van der Waals surface area (Å²) in [5.74, 6) is -1.47. The summed E-state index contributed by atoms with van der Waals surface area (Å²) in [5, 5.41) is 21.0. The molecule has 104 valence electrons. The number of nitrogens with one attached hydrogen (secondary N) is 1. The number of rotatable bonds is 5. The van der Waals surface area contributed by atoms with Gasteiger partial charge in [0.05, 0.1) is 13.7 Å². The minimum absolute atomic E-state index is 0.132. The molecule has 1 amide bonds. The molecule has 19 heavy (non-hydrogen) atoms. The van der Waals surface area contributed by atoms with Crippen LogP contribution in [0.2, 0.25) is 0 Å². The quantitative estimate of drug-likeness (QED) is 0.454. The Morgan fingerprint density at radius 3 is 2.26 bits per heavy atom. The Morgan fingerprint density at radius 1 is 1.32 bits per heavy atom. The Balaban J connectivity index is 2.91. The third-order valence-electron chi connectivity index (χ3n) is 2.34. The topological polar surface area (TPSA) is 113 Å². The van der Waals surface area contributed by atoms with Crippen LogP contribution in [0, 0.1) is 7.14 Å². The van der Waals surface area contributed by atoms with Crippen LogP contribution < -0.4 is 11.1 Å². The molecule has 1 rings (SSSR count). The first kappa shape index (κ1) is 16.4. The summed E-state index contributed by atoms with van der Waals surface area (Å²) in [6.45, 7) is -0.256. The van der Waals surface area contributed by atoms with Crippen molar-refractivity contribution in [1.82, 2.24) is 5.32 Å². The molecule has 6 nitrogen and oxygen atoms in total. The number of amides is 1. The normalized spacial score (nSPS) is 11.9. The predicted molar refractivity (Wildman–Crippen MR) is 85.9 cm³/mol. The summed E-state index contributed by atoms with van der Waals surface area (Å²) in [7, 11) is 0. The van der Waals surface area contributed by atoms with E-state index in [4.69, 9.17) is 10.8 Å². The van der Waals surface area contributed by atoms with Crippen molar-refractivity contribution in [3.05, 3.63) is 24.8 Å². The van der Waals surface area contributed by atoms with Gasteiger partial charge in [-0.1, -0.05) is 0 Å². The van der Waals surface area contributed by atoms with Gasteiger partial charge in [0.15, 0.2) is 0 Å². The number of halogens is 2. The lowest BCUT2D eigenvalue weighted by Crippen LogP contribution is -2.44. The zero-order valence-corrected chi connectivity index (χ0v) is 14.0. The zero-order chi connectivity index (χ0) is 14.6. The van der Waals surface area contributed by atoms with Crippen LogP contribution in [0.4, 0.5) is 0 Å². The van der Waals surface area contributed by atoms with Gasteiger partial charge in [-0.05, 0) is 62.9 Å². The molecule has 1 atom stereocenters. The Labute approximate surface area is 137 Å². The highest BCUT2D eigenvalue weighted by molar-refractivity contribution is 14.1. The van der Waals surface area contributed by atoms with E-state index in [-0.39, 0.29) is 18.7 Å². The summed E-state index contributed by atoms with van der Waals surface area (Å²) in [6, 6.07) is 2.33. The maximum Gasteiger partial charge on any atom is 0.326 e. The number of carboxylic acid groups (broad SMARTS) is 1. The maximum absolute atomic E-state index is 11.2. The van der Waals surface area contributed by atoms with E-state index in [0.29, 0.717) is 7.14 Å². The molecule has 0 heterocycles. The van der Waals surface area contributed by atoms with Crippen molar-refractivity contribution >= 4 is 57.1 Å². The van der Waals surface area contributed by atoms with E-state index in [9.17, 15) is 14.7 Å². The third kappa shape index (κ3) is 4.76. The van der Waals surface area contributed by atoms with Gasteiger partial charge in [0, 0.05) is 6.42 Å². The van der Waals surface area contributed by atoms with Crippen LogP contribution in [0.3, 0.4) is 0 Å². The molecule has 0 unspecified atom stereocenters. The maximum atomic E-state index is 11.2. The van der Waals surface area contributed by atoms with Crippen molar-refractivity contribution in [3.8, 4) is 5.75 Å². The molecular weight excluding hydrogens is 478 g/mol. The molecule has 0 aliphatic heterocycles. The van der Waals surface area contributed by atoms with E-state index in [1.54, 1.807) is 12.1 Å². The second-order valence-electron chi connectivity index (χ2n) is 3.77. The monoisotopic (exact) mass is 490 g/mol. The number of carbonyl (C=O) groups is 2. The summed E-state index contributed by atoms with van der Waals surface area (Å²) in [6.07, 6.45) is 0.132. The summed E-state index contributed by atoms with van der Waals surface area (Å²) in [5.41, 5.74) is 5.86. The van der Waals surface area contributed by atoms with Gasteiger partial charge < -0.3 is 21.3 Å². The highest BCUT2D eigenvalue weighted by Crippen LogP contribution is 2.27. The van der Waals surface area contributed by atoms with E-state index >= 15 is 0 Å². The Hall–Kier alpha value is -0.620. The van der Waals surface area contributed by atoms with Crippen molar-refractivity contribution in [1.29, 1.82) is 0 Å². The fraction of sp³-hybridized carbons (Fsp3) is 0.273. The van der Waals surface area contributed by atoms with Crippen LogP contribution in [-0.2, 0) is 16.0 Å². The second-order valence-corrected chi connectivity index (χ2v) is 6.10. The molecule has 0 saturated heterocycles. The first-order chi connectivity index (χ1) is 8.85. The molecule has 0 saturated carbocycles. The van der Waals surface area contributed by atoms with E-state index in [1.165, 1.54) is 0 Å². The van der Waals surface area contributed by atoms with Crippen molar-refractivity contribution in [3.63, 3.8) is 0 Å². The average Bonchev–Trinajstić information content (AvgIpc) is 2.34. The standard InChI is InChI=1S/C11H12I2N2O4/c12-6-1-5(2-7(13)10(6)17)3-8(11(18)19)15-9(16)4-14/h1-2,8,17H,3-4,14H2,(H,15,16)(H,18,19)/t8-/m0/s1. The number of phenolic OH excluding ortho intramolecular Hbond substituents is 1. The predicted octanol–water partition coefficient (Wildman–Crippen LogP) is 0.672. The molecular formula is C11H12I2N2O4. The Morgan fingerprint density at radius 2 is 1.84 bits per heavy atom. The van der Waals surface area contributed by atoms with Gasteiger partial charge in [-0.15, -0.1) is 0 Å². The van der Waals surface area contributed by atoms with Crippen molar-refractivity contribution in [2.45, 2.75) is 12.5 Å². The number of hydrogen-bond donors (Lipinski definition) is 4. The fourth-order valence-electron chi connectivity index (χ4n) is 1.42. The minimum atomic E-state index is -1.13. The smallest absolute Gasteiger partial charge is 0.326 e. The van der Waals surface area contributed by atoms with Gasteiger partial charge in [0.1, 0.15) is 11.8 Å². The van der Waals surface area contributed by atoms with Crippen LogP contribution in [0.1, 0.15) is 5.56 Å². The van der Waals surface area contributed by atoms with E-state index in [1.807, 2.05) is 45.2 Å². The van der Waals surface area contributed by atoms with E-state index < -0.39 is 17.9 Å². The number of phenols is 1. The van der Waals surface area contributed by atoms with Crippen molar-refractivity contribution in [2.24, 2.45) is 5.73 Å². The third-order valence-corrected chi connectivity index (χ3v) is 3.98. The fourth-order valence-corrected chi connectivity index (χ4v) is 3.32. The van der Waals surface area contributed by atoms with Crippen LogP contribution in [0.5, 0.6) is 5.75 Å². The van der Waals surface area contributed by atoms with Crippen molar-refractivity contribution < 1.29 is 19.8 Å². The summed E-state index contributed by atoms with van der Waals surface area (Å²) < 4.78 is 1.27. The number of carboxylic acids is 1. The summed E-state index contributed by atoms with van der Waals surface area (Å²) in [4.78, 5) is 22.2. The lowest BCUT2D eigenvalue weighted by molar-refractivity contribution is -0.141. The first-order valence-electron chi connectivity index (χ1n) is 5.24. The number of nitrogens with two attached hydrogens (primary N) is 1. The highest BCUT2D eigenvalue weighted by atomic mass is 127. The lowest BCUT2D eigenvalue weighted by atomic mass is 10.1. The van der Waals surface area contributed by atoms with E-state index in [0.717, 1.165) is 5.56 Å². The minimum Gasteiger partial charge on any atom is -0.506 e. The second kappa shape index (κ2) is 7.24. The number of carbonyl (C=O) groups excluding carboxylic acids is 1. The van der Waals surface area contributed by atoms with Crippen LogP contribution in [0.25, 0.3) is 0 Å². The number of hydrogen-bond acceptors (Lipinski definition) is 4. The molecule has 5 N–H and O–H groups in total. The zero-order valence-electron chi connectivity index (χ0n) is 9.69. The molecule has 0 fully saturated rings. The van der Waals surface area contributed by atoms with Gasteiger partial charge in [-0.2, -0.15) is 0 Å². The van der Waals surface area contributed by atoms with Gasteiger partial charge in [-0.3, -0.25) is 4.79 Å². The number of benzene rings is 1. The summed E-state index contributed by atoms with van der Waals surface area (Å²) >= 11 is 3.93. The van der Waals surface area contributed by atoms with Crippen LogP contribution in [0.15, 0.2) is 12.1 Å². The van der Waals surface area contributed by atoms with Gasteiger partial charge >= 0.3 is 5.97 Å². The molecule has 0 aliphatic rings. The van der Waals surface area contributed by atoms with Crippen molar-refractivity contribution in [2.75, 3.05) is 6.54 Å². The Bertz CT molecular complexity index is 484. The molecule has 0 aromatic heterocycles. The molecule has 8 heteroatoms. The largest absolute Gasteiger partial charge is 0.506 e. The molecule has 0 radical (unpaired) electrons. The SMILES string of the molecule is NCC(=O)N[C@@H](Cc1cc(I)c(O)c(I)c1)C(=O)O. The molecule has 0 bridgehead atoms. The highest BCUT2D eigenvalue weighted by Gasteiger charge is 2.20. The van der Waals surface area contributed by atoms with Gasteiger partial charge in [-0.25, -0.2) is 4.79 Å².